The van der Waals surface area contributed by atoms with Crippen LogP contribution in [0.3, 0.4) is 0 Å². The van der Waals surface area contributed by atoms with Gasteiger partial charge >= 0.3 is 5.97 Å². The van der Waals surface area contributed by atoms with Crippen molar-refractivity contribution in [3.63, 3.8) is 0 Å². The third kappa shape index (κ3) is 5.57. The van der Waals surface area contributed by atoms with E-state index in [1.165, 1.54) is 47.6 Å². The van der Waals surface area contributed by atoms with E-state index in [1.807, 2.05) is 0 Å². The zero-order valence-electron chi connectivity index (χ0n) is 19.4. The fourth-order valence-electron chi connectivity index (χ4n) is 5.33. The Balaban J connectivity index is 1.39. The number of benzene rings is 2. The van der Waals surface area contributed by atoms with E-state index in [2.05, 4.69) is 68.1 Å². The molecule has 1 N–H and O–H groups in total. The van der Waals surface area contributed by atoms with Crippen LogP contribution in [-0.4, -0.2) is 29.1 Å². The molecule has 2 aromatic rings. The molecule has 0 spiro atoms. The monoisotopic (exact) mass is 419 g/mol. The van der Waals surface area contributed by atoms with Crippen LogP contribution in [-0.2, 0) is 11.3 Å². The van der Waals surface area contributed by atoms with Crippen molar-refractivity contribution < 1.29 is 9.90 Å². The second-order valence-electron chi connectivity index (χ2n) is 10.8. The van der Waals surface area contributed by atoms with E-state index >= 15 is 0 Å². The number of hydrogen-bond acceptors (Lipinski definition) is 2. The van der Waals surface area contributed by atoms with Gasteiger partial charge in [0.05, 0.1) is 5.92 Å². The lowest BCUT2D eigenvalue weighted by Gasteiger charge is -2.34. The number of fused-ring (bicyclic) bond motifs is 1. The molecule has 1 saturated carbocycles. The van der Waals surface area contributed by atoms with Gasteiger partial charge in [-0.1, -0.05) is 56.7 Å². The molecule has 1 aliphatic carbocycles. The van der Waals surface area contributed by atoms with E-state index in [-0.39, 0.29) is 5.92 Å². The Morgan fingerprint density at radius 3 is 2.29 bits per heavy atom. The molecule has 3 heteroatoms. The highest BCUT2D eigenvalue weighted by Crippen LogP contribution is 2.40. The summed E-state index contributed by atoms with van der Waals surface area (Å²) in [6, 6.07) is 13.6. The van der Waals surface area contributed by atoms with Crippen LogP contribution in [0.15, 0.2) is 42.0 Å². The molecule has 0 atom stereocenters. The Bertz CT molecular complexity index is 951. The minimum absolute atomic E-state index is 0.163. The van der Waals surface area contributed by atoms with Gasteiger partial charge in [-0.25, -0.2) is 0 Å². The number of hydrogen-bond donors (Lipinski definition) is 1. The zero-order valence-corrected chi connectivity index (χ0v) is 19.4. The van der Waals surface area contributed by atoms with E-state index in [0.717, 1.165) is 38.4 Å². The highest BCUT2D eigenvalue weighted by molar-refractivity contribution is 5.85. The number of nitrogens with zero attached hydrogens (tertiary/aromatic N) is 1. The van der Waals surface area contributed by atoms with E-state index in [4.69, 9.17) is 0 Å². The van der Waals surface area contributed by atoms with Gasteiger partial charge in [0, 0.05) is 6.54 Å². The molecule has 2 fully saturated rings. The summed E-state index contributed by atoms with van der Waals surface area (Å²) in [6.45, 7) is 9.78. The Labute approximate surface area is 187 Å². The first-order valence-corrected chi connectivity index (χ1v) is 12.0. The molecule has 2 aromatic carbocycles. The summed E-state index contributed by atoms with van der Waals surface area (Å²) in [5, 5.41) is 11.8. The SMILES string of the molecule is CC(C)(C)C1CCC(=Cc2ccc3cc(CN4CCC(C(=O)O)CC4)ccc3c2)CC1. The Morgan fingerprint density at radius 1 is 1.00 bits per heavy atom. The molecule has 2 aliphatic rings. The lowest BCUT2D eigenvalue weighted by Crippen LogP contribution is -2.35. The molecule has 31 heavy (non-hydrogen) atoms. The minimum Gasteiger partial charge on any atom is -0.481 e. The largest absolute Gasteiger partial charge is 0.481 e. The molecule has 0 aromatic heterocycles. The van der Waals surface area contributed by atoms with E-state index in [9.17, 15) is 9.90 Å². The molecule has 166 valence electrons. The highest BCUT2D eigenvalue weighted by atomic mass is 16.4. The van der Waals surface area contributed by atoms with E-state index < -0.39 is 5.97 Å². The lowest BCUT2D eigenvalue weighted by molar-refractivity contribution is -0.143. The first kappa shape index (κ1) is 22.1. The maximum absolute atomic E-state index is 11.2. The van der Waals surface area contributed by atoms with Crippen LogP contribution in [0.25, 0.3) is 16.8 Å². The van der Waals surface area contributed by atoms with Crippen LogP contribution >= 0.6 is 0 Å². The van der Waals surface area contributed by atoms with Gasteiger partial charge in [0.25, 0.3) is 0 Å². The molecular weight excluding hydrogens is 382 g/mol. The smallest absolute Gasteiger partial charge is 0.306 e. The fraction of sp³-hybridized carbons (Fsp3) is 0.536. The number of carbonyl (C=O) groups is 1. The summed E-state index contributed by atoms with van der Waals surface area (Å²) >= 11 is 0. The van der Waals surface area contributed by atoms with Crippen molar-refractivity contribution in [2.45, 2.75) is 65.8 Å². The van der Waals surface area contributed by atoms with Crippen LogP contribution < -0.4 is 0 Å². The first-order valence-electron chi connectivity index (χ1n) is 12.0. The molecule has 4 rings (SSSR count). The summed E-state index contributed by atoms with van der Waals surface area (Å²) in [6.07, 6.45) is 9.04. The Morgan fingerprint density at radius 2 is 1.65 bits per heavy atom. The predicted octanol–water partition coefficient (Wildman–Crippen LogP) is 6.76. The number of piperidine rings is 1. The molecule has 3 nitrogen and oxygen atoms in total. The van der Waals surface area contributed by atoms with Crippen molar-refractivity contribution in [3.05, 3.63) is 53.1 Å². The van der Waals surface area contributed by atoms with Crippen LogP contribution in [0.4, 0.5) is 0 Å². The van der Waals surface area contributed by atoms with Crippen LogP contribution in [0.2, 0.25) is 0 Å². The van der Waals surface area contributed by atoms with Crippen molar-refractivity contribution in [3.8, 4) is 0 Å². The van der Waals surface area contributed by atoms with Crippen molar-refractivity contribution in [1.82, 2.24) is 4.90 Å². The normalized spacial score (nSPS) is 21.4. The van der Waals surface area contributed by atoms with Crippen LogP contribution in [0.1, 0.15) is 70.4 Å². The molecular formula is C28H37NO2. The quantitative estimate of drug-likeness (QED) is 0.595. The standard InChI is InChI=1S/C28H37NO2/c1-28(2,3)26-10-6-20(7-11-26)16-21-4-8-25-18-22(5-9-24(25)17-21)19-29-14-12-23(13-15-29)27(30)31/h4-5,8-9,16-18,23,26H,6-7,10-15,19H2,1-3H3,(H,30,31). The summed E-state index contributed by atoms with van der Waals surface area (Å²) in [5.74, 6) is 0.0388. The molecule has 1 saturated heterocycles. The first-order chi connectivity index (χ1) is 14.8. The van der Waals surface area contributed by atoms with Gasteiger partial charge in [-0.15, -0.1) is 0 Å². The summed E-state index contributed by atoms with van der Waals surface area (Å²) in [7, 11) is 0. The topological polar surface area (TPSA) is 40.5 Å². The number of rotatable bonds is 4. The average molecular weight is 420 g/mol. The number of carboxylic acid groups (broad SMARTS) is 1. The lowest BCUT2D eigenvalue weighted by atomic mass is 9.71. The molecule has 1 heterocycles. The second kappa shape index (κ2) is 9.16. The third-order valence-corrected chi connectivity index (χ3v) is 7.50. The molecule has 0 radical (unpaired) electrons. The predicted molar refractivity (Wildman–Crippen MR) is 129 cm³/mol. The van der Waals surface area contributed by atoms with Gasteiger partial charge in [0.1, 0.15) is 0 Å². The summed E-state index contributed by atoms with van der Waals surface area (Å²) in [4.78, 5) is 13.5. The minimum atomic E-state index is -0.640. The van der Waals surface area contributed by atoms with Gasteiger partial charge < -0.3 is 5.11 Å². The van der Waals surface area contributed by atoms with Gasteiger partial charge in [0.15, 0.2) is 0 Å². The second-order valence-corrected chi connectivity index (χ2v) is 10.8. The number of aliphatic carboxylic acids is 1. The molecule has 0 bridgehead atoms. The van der Waals surface area contributed by atoms with Gasteiger partial charge in [-0.05, 0) is 97.0 Å². The number of carboxylic acids is 1. The van der Waals surface area contributed by atoms with Gasteiger partial charge in [-0.3, -0.25) is 9.69 Å². The molecule has 0 amide bonds. The highest BCUT2D eigenvalue weighted by Gasteiger charge is 2.27. The molecule has 0 unspecified atom stereocenters. The van der Waals surface area contributed by atoms with Gasteiger partial charge in [0.2, 0.25) is 0 Å². The third-order valence-electron chi connectivity index (χ3n) is 7.50. The number of allylic oxidation sites excluding steroid dienone is 1. The van der Waals surface area contributed by atoms with Crippen molar-refractivity contribution in [2.75, 3.05) is 13.1 Å². The van der Waals surface area contributed by atoms with E-state index in [1.54, 1.807) is 5.57 Å². The van der Waals surface area contributed by atoms with Crippen LogP contribution in [0.5, 0.6) is 0 Å². The molecule has 1 aliphatic heterocycles. The van der Waals surface area contributed by atoms with Crippen LogP contribution in [0, 0.1) is 17.3 Å². The summed E-state index contributed by atoms with van der Waals surface area (Å²) < 4.78 is 0. The van der Waals surface area contributed by atoms with Gasteiger partial charge in [-0.2, -0.15) is 0 Å². The maximum Gasteiger partial charge on any atom is 0.306 e. The summed E-state index contributed by atoms with van der Waals surface area (Å²) in [5.41, 5.74) is 4.66. The average Bonchev–Trinajstić information content (AvgIpc) is 2.74. The van der Waals surface area contributed by atoms with Crippen molar-refractivity contribution in [1.29, 1.82) is 0 Å². The van der Waals surface area contributed by atoms with Crippen molar-refractivity contribution in [2.24, 2.45) is 17.3 Å². The van der Waals surface area contributed by atoms with E-state index in [0.29, 0.717) is 5.41 Å². The Hall–Kier alpha value is -2.13. The Kier molecular flexibility index (Phi) is 6.52. The zero-order chi connectivity index (χ0) is 22.0. The van der Waals surface area contributed by atoms with Crippen molar-refractivity contribution >= 4 is 22.8 Å². The maximum atomic E-state index is 11.2. The fourth-order valence-corrected chi connectivity index (χ4v) is 5.33. The number of likely N-dealkylation sites (tertiary alicyclic amines) is 1.